The maximum absolute atomic E-state index is 12.7. The third kappa shape index (κ3) is 3.04. The van der Waals surface area contributed by atoms with Gasteiger partial charge in [0.2, 0.25) is 5.75 Å². The number of ether oxygens (including phenoxy) is 2. The van der Waals surface area contributed by atoms with Gasteiger partial charge in [-0.25, -0.2) is 4.79 Å². The zero-order valence-corrected chi connectivity index (χ0v) is 16.3. The van der Waals surface area contributed by atoms with Crippen LogP contribution >= 0.6 is 0 Å². The van der Waals surface area contributed by atoms with Crippen LogP contribution in [0.25, 0.3) is 0 Å². The van der Waals surface area contributed by atoms with Crippen molar-refractivity contribution >= 4 is 29.7 Å². The number of benzene rings is 1. The summed E-state index contributed by atoms with van der Waals surface area (Å²) in [7, 11) is 1.17. The van der Waals surface area contributed by atoms with Gasteiger partial charge in [-0.2, -0.15) is 10.1 Å². The van der Waals surface area contributed by atoms with Crippen molar-refractivity contribution in [3.63, 3.8) is 0 Å². The number of esters is 1. The fourth-order valence-electron chi connectivity index (χ4n) is 4.43. The minimum Gasteiger partial charge on any atom is -0.471 e. The molecule has 4 rings (SSSR count). The lowest BCUT2D eigenvalue weighted by atomic mass is 9.85. The number of amides is 2. The van der Waals surface area contributed by atoms with Crippen molar-refractivity contribution in [1.29, 1.82) is 0 Å². The Morgan fingerprint density at radius 3 is 2.47 bits per heavy atom. The number of hydrazone groups is 1. The Morgan fingerprint density at radius 2 is 1.90 bits per heavy atom. The van der Waals surface area contributed by atoms with Crippen molar-refractivity contribution < 1.29 is 28.8 Å². The van der Waals surface area contributed by atoms with E-state index in [9.17, 15) is 24.5 Å². The fraction of sp³-hybridized carbons (Fsp3) is 0.400. The summed E-state index contributed by atoms with van der Waals surface area (Å²) in [5.41, 5.74) is -0.230. The van der Waals surface area contributed by atoms with Gasteiger partial charge < -0.3 is 9.47 Å². The maximum atomic E-state index is 12.7. The molecule has 0 spiro atoms. The fourth-order valence-corrected chi connectivity index (χ4v) is 4.43. The highest BCUT2D eigenvalue weighted by Gasteiger charge is 2.59. The van der Waals surface area contributed by atoms with Crippen molar-refractivity contribution in [2.24, 2.45) is 28.8 Å². The number of imide groups is 1. The van der Waals surface area contributed by atoms with Crippen molar-refractivity contribution in [3.8, 4) is 5.75 Å². The second-order valence-corrected chi connectivity index (χ2v) is 7.47. The second-order valence-electron chi connectivity index (χ2n) is 7.47. The lowest BCUT2D eigenvalue weighted by Crippen LogP contribution is -2.28. The predicted molar refractivity (Wildman–Crippen MR) is 102 cm³/mol. The molecule has 3 aliphatic rings. The smallest absolute Gasteiger partial charge is 0.346 e. The molecule has 10 nitrogen and oxygen atoms in total. The Hall–Kier alpha value is -3.56. The molecule has 30 heavy (non-hydrogen) atoms. The van der Waals surface area contributed by atoms with Gasteiger partial charge in [0.25, 0.3) is 11.8 Å². The molecule has 1 aromatic rings. The van der Waals surface area contributed by atoms with Crippen LogP contribution in [0.1, 0.15) is 18.9 Å². The Bertz CT molecular complexity index is 972. The Labute approximate surface area is 171 Å². The van der Waals surface area contributed by atoms with Crippen molar-refractivity contribution in [3.05, 3.63) is 46.0 Å². The van der Waals surface area contributed by atoms with Crippen LogP contribution < -0.4 is 4.74 Å². The predicted octanol–water partition coefficient (Wildman–Crippen LogP) is 1.68. The molecule has 0 unspecified atom stereocenters. The van der Waals surface area contributed by atoms with E-state index in [4.69, 9.17) is 4.74 Å². The molecule has 0 radical (unpaired) electrons. The van der Waals surface area contributed by atoms with Gasteiger partial charge in [-0.05, 0) is 31.2 Å². The Morgan fingerprint density at radius 1 is 1.27 bits per heavy atom. The van der Waals surface area contributed by atoms with Gasteiger partial charge in [0.05, 0.1) is 30.1 Å². The van der Waals surface area contributed by atoms with E-state index in [1.165, 1.54) is 38.4 Å². The first kappa shape index (κ1) is 19.7. The highest BCUT2D eigenvalue weighted by Crippen LogP contribution is 2.52. The van der Waals surface area contributed by atoms with E-state index in [1.807, 2.05) is 12.2 Å². The van der Waals surface area contributed by atoms with Gasteiger partial charge in [-0.15, -0.1) is 0 Å². The van der Waals surface area contributed by atoms with E-state index >= 15 is 0 Å². The van der Waals surface area contributed by atoms with Gasteiger partial charge in [-0.3, -0.25) is 19.7 Å². The van der Waals surface area contributed by atoms with Crippen molar-refractivity contribution in [1.82, 2.24) is 5.01 Å². The zero-order chi connectivity index (χ0) is 21.6. The average molecular weight is 413 g/mol. The molecule has 1 heterocycles. The minimum absolute atomic E-state index is 0.0502. The molecule has 0 N–H and O–H groups in total. The number of hydrogen-bond acceptors (Lipinski definition) is 8. The molecule has 1 saturated heterocycles. The highest BCUT2D eigenvalue weighted by molar-refractivity contribution is 6.07. The molecular weight excluding hydrogens is 394 g/mol. The van der Waals surface area contributed by atoms with Crippen LogP contribution in [-0.4, -0.2) is 47.1 Å². The first-order valence-corrected chi connectivity index (χ1v) is 9.45. The summed E-state index contributed by atoms with van der Waals surface area (Å²) in [5, 5.41) is 16.3. The van der Waals surface area contributed by atoms with Gasteiger partial charge >= 0.3 is 11.7 Å². The summed E-state index contributed by atoms with van der Waals surface area (Å²) in [6.07, 6.45) is 4.81. The Kier molecular flexibility index (Phi) is 4.84. The van der Waals surface area contributed by atoms with Crippen LogP contribution in [0.2, 0.25) is 0 Å². The number of hydrogen-bond donors (Lipinski definition) is 0. The lowest BCUT2D eigenvalue weighted by molar-refractivity contribution is -0.386. The number of carbonyl (C=O) groups excluding carboxylic acids is 3. The van der Waals surface area contributed by atoms with Gasteiger partial charge in [0.15, 0.2) is 6.10 Å². The molecule has 1 aliphatic heterocycles. The molecule has 1 saturated carbocycles. The number of carbonyl (C=O) groups is 3. The highest BCUT2D eigenvalue weighted by atomic mass is 16.6. The van der Waals surface area contributed by atoms with E-state index in [0.29, 0.717) is 0 Å². The SMILES string of the molecule is COC(=O)[C@@H](C)Oc1c(C=NN2C(=O)[C@@H]3[C@H](C2=O)[C@H]2C=C[C@H]3C2)cccc1[N+](=O)[O-]. The molecule has 1 aromatic carbocycles. The third-order valence-electron chi connectivity index (χ3n) is 5.81. The van der Waals surface area contributed by atoms with Crippen molar-refractivity contribution in [2.45, 2.75) is 19.4 Å². The quantitative estimate of drug-likeness (QED) is 0.173. The summed E-state index contributed by atoms with van der Waals surface area (Å²) in [6.45, 7) is 1.39. The minimum atomic E-state index is -1.11. The first-order chi connectivity index (χ1) is 14.3. The summed E-state index contributed by atoms with van der Waals surface area (Å²) in [5.74, 6) is -2.34. The molecule has 2 bridgehead atoms. The molecule has 5 atom stereocenters. The topological polar surface area (TPSA) is 128 Å². The summed E-state index contributed by atoms with van der Waals surface area (Å²) in [4.78, 5) is 47.9. The first-order valence-electron chi connectivity index (χ1n) is 9.45. The van der Waals surface area contributed by atoms with Gasteiger partial charge in [0.1, 0.15) is 0 Å². The number of para-hydroxylation sites is 1. The standard InChI is InChI=1S/C20H19N3O7/c1-10(20(26)29-2)30-17-13(4-3-5-14(17)23(27)28)9-21-22-18(24)15-11-6-7-12(8-11)16(15)19(22)25/h3-7,9-12,15-16H,8H2,1-2H3/t10-,11+,12+,15-,16+/m1/s1. The van der Waals surface area contributed by atoms with Crippen molar-refractivity contribution in [2.75, 3.05) is 7.11 Å². The van der Waals surface area contributed by atoms with E-state index in [-0.39, 0.29) is 40.7 Å². The van der Waals surface area contributed by atoms with Gasteiger partial charge in [0, 0.05) is 11.6 Å². The van der Waals surface area contributed by atoms with Crippen LogP contribution in [0, 0.1) is 33.8 Å². The molecule has 156 valence electrons. The number of methoxy groups -OCH3 is 1. The second kappa shape index (κ2) is 7.36. The average Bonchev–Trinajstić information content (AvgIpc) is 3.40. The number of nitro groups is 1. The lowest BCUT2D eigenvalue weighted by Gasteiger charge is -2.15. The van der Waals surface area contributed by atoms with Crippen LogP contribution in [-0.2, 0) is 19.1 Å². The van der Waals surface area contributed by atoms with E-state index < -0.39 is 28.8 Å². The van der Waals surface area contributed by atoms with Crippen LogP contribution in [0.5, 0.6) is 5.75 Å². The number of rotatable bonds is 6. The number of allylic oxidation sites excluding steroid dienone is 2. The van der Waals surface area contributed by atoms with Crippen LogP contribution in [0.3, 0.4) is 0 Å². The molecular formula is C20H19N3O7. The molecule has 10 heteroatoms. The Balaban J connectivity index is 1.63. The summed E-state index contributed by atoms with van der Waals surface area (Å²) in [6, 6.07) is 4.12. The largest absolute Gasteiger partial charge is 0.471 e. The summed E-state index contributed by atoms with van der Waals surface area (Å²) >= 11 is 0. The van der Waals surface area contributed by atoms with Gasteiger partial charge in [-0.1, -0.05) is 18.2 Å². The third-order valence-corrected chi connectivity index (χ3v) is 5.81. The monoisotopic (exact) mass is 413 g/mol. The van der Waals surface area contributed by atoms with E-state index in [0.717, 1.165) is 11.4 Å². The molecule has 2 aliphatic carbocycles. The zero-order valence-electron chi connectivity index (χ0n) is 16.3. The number of nitro benzene ring substituents is 1. The number of fused-ring (bicyclic) bond motifs is 5. The summed E-state index contributed by atoms with van der Waals surface area (Å²) < 4.78 is 10.1. The van der Waals surface area contributed by atoms with E-state index in [1.54, 1.807) is 0 Å². The maximum Gasteiger partial charge on any atom is 0.346 e. The van der Waals surface area contributed by atoms with Crippen LogP contribution in [0.15, 0.2) is 35.5 Å². The molecule has 0 aromatic heterocycles. The number of nitrogens with zero attached hydrogens (tertiary/aromatic N) is 3. The normalized spacial score (nSPS) is 27.6. The molecule has 2 amide bonds. The van der Waals surface area contributed by atoms with Crippen LogP contribution in [0.4, 0.5) is 5.69 Å². The van der Waals surface area contributed by atoms with E-state index in [2.05, 4.69) is 9.84 Å². The molecule has 2 fully saturated rings.